The van der Waals surface area contributed by atoms with Crippen LogP contribution in [0.25, 0.3) is 22.0 Å². The fourth-order valence-corrected chi connectivity index (χ4v) is 6.53. The summed E-state index contributed by atoms with van der Waals surface area (Å²) in [6.07, 6.45) is -0.975. The number of rotatable bonds is 2. The van der Waals surface area contributed by atoms with Gasteiger partial charge >= 0.3 is 11.8 Å². The SMILES string of the molecule is C[C@H]1CN(C(=O)O)CCN1c1nc(=O)n2c3c(c(-c4ccc(F)cc4F)c(Br)cc13)SCC2. The highest BCUT2D eigenvalue weighted by atomic mass is 79.9. The lowest BCUT2D eigenvalue weighted by molar-refractivity contribution is 0.136. The predicted molar refractivity (Wildman–Crippen MR) is 126 cm³/mol. The molecule has 0 bridgehead atoms. The molecule has 7 nitrogen and oxygen atoms in total. The maximum absolute atomic E-state index is 14.7. The summed E-state index contributed by atoms with van der Waals surface area (Å²) in [5.41, 5.74) is 1.07. The minimum absolute atomic E-state index is 0.187. The Bertz CT molecular complexity index is 1370. The Morgan fingerprint density at radius 2 is 2.03 bits per heavy atom. The zero-order valence-corrected chi connectivity index (χ0v) is 19.9. The van der Waals surface area contributed by atoms with Gasteiger partial charge in [-0.2, -0.15) is 4.98 Å². The van der Waals surface area contributed by atoms with Gasteiger partial charge in [0.2, 0.25) is 0 Å². The summed E-state index contributed by atoms with van der Waals surface area (Å²) in [7, 11) is 0. The number of piperazine rings is 1. The van der Waals surface area contributed by atoms with Gasteiger partial charge in [0.25, 0.3) is 0 Å². The highest BCUT2D eigenvalue weighted by Gasteiger charge is 2.31. The summed E-state index contributed by atoms with van der Waals surface area (Å²) >= 11 is 5.09. The van der Waals surface area contributed by atoms with E-state index in [2.05, 4.69) is 20.9 Å². The van der Waals surface area contributed by atoms with Crippen molar-refractivity contribution in [3.8, 4) is 11.1 Å². The third-order valence-electron chi connectivity index (χ3n) is 6.08. The van der Waals surface area contributed by atoms with Crippen LogP contribution in [-0.4, -0.2) is 57.1 Å². The van der Waals surface area contributed by atoms with Crippen molar-refractivity contribution in [2.75, 3.05) is 30.3 Å². The van der Waals surface area contributed by atoms with Crippen LogP contribution in [0.4, 0.5) is 19.4 Å². The molecule has 1 saturated heterocycles. The minimum atomic E-state index is -0.975. The van der Waals surface area contributed by atoms with Crippen molar-refractivity contribution in [1.29, 1.82) is 0 Å². The van der Waals surface area contributed by atoms with Crippen molar-refractivity contribution in [3.05, 3.63) is 50.9 Å². The smallest absolute Gasteiger partial charge is 0.407 e. The molecule has 1 N–H and O–H groups in total. The highest BCUT2D eigenvalue weighted by molar-refractivity contribution is 9.10. The first-order chi connectivity index (χ1) is 15.8. The number of hydrogen-bond donors (Lipinski definition) is 1. The number of aromatic nitrogens is 2. The maximum Gasteiger partial charge on any atom is 0.407 e. The second-order valence-corrected chi connectivity index (χ2v) is 10.0. The van der Waals surface area contributed by atoms with Gasteiger partial charge in [-0.3, -0.25) is 4.57 Å². The zero-order valence-electron chi connectivity index (χ0n) is 17.5. The number of benzene rings is 2. The van der Waals surface area contributed by atoms with Gasteiger partial charge < -0.3 is 14.9 Å². The molecular weight excluding hydrogens is 518 g/mol. The van der Waals surface area contributed by atoms with E-state index in [1.165, 1.54) is 28.8 Å². The molecule has 1 aromatic heterocycles. The Labute approximate surface area is 200 Å². The average Bonchev–Trinajstić information content (AvgIpc) is 2.77. The Kier molecular flexibility index (Phi) is 5.56. The molecule has 2 aliphatic heterocycles. The van der Waals surface area contributed by atoms with Crippen molar-refractivity contribution in [2.45, 2.75) is 24.4 Å². The molecule has 0 unspecified atom stereocenters. The molecule has 0 spiro atoms. The van der Waals surface area contributed by atoms with Gasteiger partial charge in [-0.15, -0.1) is 11.8 Å². The highest BCUT2D eigenvalue weighted by Crippen LogP contribution is 2.46. The van der Waals surface area contributed by atoms with Crippen molar-refractivity contribution < 1.29 is 18.7 Å². The van der Waals surface area contributed by atoms with E-state index < -0.39 is 23.4 Å². The van der Waals surface area contributed by atoms with E-state index in [-0.39, 0.29) is 11.6 Å². The maximum atomic E-state index is 14.7. The van der Waals surface area contributed by atoms with Crippen LogP contribution in [0.15, 0.2) is 38.4 Å². The van der Waals surface area contributed by atoms with Crippen molar-refractivity contribution in [2.24, 2.45) is 0 Å². The fraction of sp³-hybridized carbons (Fsp3) is 0.318. The van der Waals surface area contributed by atoms with E-state index >= 15 is 0 Å². The number of carbonyl (C=O) groups is 1. The number of carboxylic acid groups (broad SMARTS) is 1. The predicted octanol–water partition coefficient (Wildman–Crippen LogP) is 4.40. The van der Waals surface area contributed by atoms with Crippen molar-refractivity contribution in [3.63, 3.8) is 0 Å². The molecule has 0 radical (unpaired) electrons. The number of hydrogen-bond acceptors (Lipinski definition) is 5. The number of amides is 1. The van der Waals surface area contributed by atoms with Crippen LogP contribution in [0.5, 0.6) is 0 Å². The van der Waals surface area contributed by atoms with E-state index in [0.29, 0.717) is 53.3 Å². The van der Waals surface area contributed by atoms with Crippen molar-refractivity contribution in [1.82, 2.24) is 14.5 Å². The standard InChI is InChI=1S/C22H19BrF2N4O3S/c1-11-10-27(22(31)32)4-5-28(11)20-14-9-15(23)17(13-3-2-12(24)8-16(13)25)19-18(14)29(6-7-33-19)21(30)26-20/h2-3,8-9,11H,4-7,10H2,1H3,(H,31,32)/t11-/m0/s1. The number of halogens is 3. The van der Waals surface area contributed by atoms with Gasteiger partial charge in [0.05, 0.1) is 5.52 Å². The summed E-state index contributed by atoms with van der Waals surface area (Å²) in [6.45, 7) is 3.35. The molecule has 33 heavy (non-hydrogen) atoms. The molecule has 1 atom stereocenters. The van der Waals surface area contributed by atoms with Crippen molar-refractivity contribution >= 4 is 50.5 Å². The van der Waals surface area contributed by atoms with Crippen LogP contribution in [0.3, 0.4) is 0 Å². The molecule has 2 aromatic carbocycles. The van der Waals surface area contributed by atoms with Gasteiger partial charge in [-0.05, 0) is 25.1 Å². The van der Waals surface area contributed by atoms with Crippen LogP contribution in [0.1, 0.15) is 6.92 Å². The molecule has 0 saturated carbocycles. The fourth-order valence-electron chi connectivity index (χ4n) is 4.56. The number of aryl methyl sites for hydroxylation is 1. The third-order valence-corrected chi connectivity index (χ3v) is 7.78. The summed E-state index contributed by atoms with van der Waals surface area (Å²) in [4.78, 5) is 32.8. The molecule has 5 rings (SSSR count). The molecule has 2 aliphatic rings. The second kappa shape index (κ2) is 8.28. The van der Waals surface area contributed by atoms with Crippen LogP contribution in [-0.2, 0) is 6.54 Å². The average molecular weight is 537 g/mol. The summed E-state index contributed by atoms with van der Waals surface area (Å²) in [6, 6.07) is 5.09. The Hall–Kier alpha value is -2.66. The molecule has 1 fully saturated rings. The molecule has 11 heteroatoms. The lowest BCUT2D eigenvalue weighted by atomic mass is 10.0. The van der Waals surface area contributed by atoms with Crippen LogP contribution in [0.2, 0.25) is 0 Å². The van der Waals surface area contributed by atoms with Gasteiger partial charge in [-0.1, -0.05) is 15.9 Å². The van der Waals surface area contributed by atoms with Gasteiger partial charge in [0, 0.05) is 69.9 Å². The van der Waals surface area contributed by atoms with E-state index in [1.54, 1.807) is 4.57 Å². The Balaban J connectivity index is 1.74. The second-order valence-electron chi connectivity index (χ2n) is 8.07. The van der Waals surface area contributed by atoms with Crippen LogP contribution in [0, 0.1) is 11.6 Å². The first-order valence-corrected chi connectivity index (χ1v) is 12.1. The van der Waals surface area contributed by atoms with E-state index in [4.69, 9.17) is 0 Å². The molecule has 0 aliphatic carbocycles. The Morgan fingerprint density at radius 3 is 2.73 bits per heavy atom. The third kappa shape index (κ3) is 3.67. The first-order valence-electron chi connectivity index (χ1n) is 10.4. The van der Waals surface area contributed by atoms with Gasteiger partial charge in [0.15, 0.2) is 0 Å². The summed E-state index contributed by atoms with van der Waals surface area (Å²) in [5, 5.41) is 10.1. The molecular formula is C22H19BrF2N4O3S. The lowest BCUT2D eigenvalue weighted by Crippen LogP contribution is -2.54. The minimum Gasteiger partial charge on any atom is -0.465 e. The molecule has 172 valence electrons. The summed E-state index contributed by atoms with van der Waals surface area (Å²) in [5.74, 6) is -0.242. The number of nitrogens with zero attached hydrogens (tertiary/aromatic N) is 4. The van der Waals surface area contributed by atoms with Gasteiger partial charge in [0.1, 0.15) is 17.5 Å². The van der Waals surface area contributed by atoms with Crippen LogP contribution >= 0.6 is 27.7 Å². The number of thioether (sulfide) groups is 1. The number of anilines is 1. The topological polar surface area (TPSA) is 78.7 Å². The molecule has 1 amide bonds. The normalized spacial score (nSPS) is 18.1. The Morgan fingerprint density at radius 1 is 1.24 bits per heavy atom. The quantitative estimate of drug-likeness (QED) is 0.523. The first kappa shape index (κ1) is 22.1. The lowest BCUT2D eigenvalue weighted by Gasteiger charge is -2.40. The van der Waals surface area contributed by atoms with Gasteiger partial charge in [-0.25, -0.2) is 18.4 Å². The molecule has 3 heterocycles. The largest absolute Gasteiger partial charge is 0.465 e. The van der Waals surface area contributed by atoms with Crippen LogP contribution < -0.4 is 10.6 Å². The monoisotopic (exact) mass is 536 g/mol. The molecule has 3 aromatic rings. The zero-order chi connectivity index (χ0) is 23.4. The van der Waals surface area contributed by atoms with E-state index in [0.717, 1.165) is 16.3 Å². The summed E-state index contributed by atoms with van der Waals surface area (Å²) < 4.78 is 30.5. The van der Waals surface area contributed by atoms with E-state index in [1.807, 2.05) is 17.9 Å². The van der Waals surface area contributed by atoms with E-state index in [9.17, 15) is 23.5 Å².